The van der Waals surface area contributed by atoms with Crippen molar-refractivity contribution in [2.75, 3.05) is 12.3 Å². The Morgan fingerprint density at radius 1 is 1.25 bits per heavy atom. The maximum Gasteiger partial charge on any atom is 0.260 e. The molecule has 2 heterocycles. The lowest BCUT2D eigenvalue weighted by atomic mass is 10.0. The Morgan fingerprint density at radius 3 is 2.70 bits per heavy atom. The molecule has 2 N–H and O–H groups in total. The highest BCUT2D eigenvalue weighted by atomic mass is 16.5. The van der Waals surface area contributed by atoms with Crippen molar-refractivity contribution in [3.63, 3.8) is 0 Å². The third-order valence-corrected chi connectivity index (χ3v) is 3.08. The lowest BCUT2D eigenvalue weighted by Gasteiger charge is -2.07. The Balaban J connectivity index is 2.15. The molecular weight excluding hydrogens is 254 g/mol. The van der Waals surface area contributed by atoms with E-state index >= 15 is 0 Å². The Morgan fingerprint density at radius 2 is 2.00 bits per heavy atom. The van der Waals surface area contributed by atoms with Crippen molar-refractivity contribution in [2.45, 2.75) is 13.8 Å². The van der Waals surface area contributed by atoms with E-state index in [1.54, 1.807) is 0 Å². The van der Waals surface area contributed by atoms with Gasteiger partial charge in [-0.05, 0) is 37.6 Å². The number of fused-ring (bicyclic) bond motifs is 1. The molecule has 5 nitrogen and oxygen atoms in total. The molecule has 3 rings (SSSR count). The first-order valence-corrected chi connectivity index (χ1v) is 6.44. The van der Waals surface area contributed by atoms with Gasteiger partial charge in [-0.15, -0.1) is 0 Å². The molecular formula is C15H15N3O2. The smallest absolute Gasteiger partial charge is 0.260 e. The van der Waals surface area contributed by atoms with Crippen LogP contribution in [0.2, 0.25) is 0 Å². The van der Waals surface area contributed by atoms with Crippen molar-refractivity contribution in [3.8, 4) is 16.9 Å². The normalized spacial score (nSPS) is 10.9. The number of aryl methyl sites for hydroxylation is 1. The van der Waals surface area contributed by atoms with Crippen LogP contribution in [0.15, 0.2) is 34.9 Å². The number of rotatable bonds is 3. The van der Waals surface area contributed by atoms with Crippen molar-refractivity contribution >= 4 is 16.9 Å². The molecule has 0 atom stereocenters. The largest absolute Gasteiger partial charge is 0.494 e. The number of benzene rings is 1. The number of nitrogen functional groups attached to an aromatic ring is 1. The van der Waals surface area contributed by atoms with E-state index < -0.39 is 0 Å². The highest BCUT2D eigenvalue weighted by Gasteiger charge is 2.14. The summed E-state index contributed by atoms with van der Waals surface area (Å²) >= 11 is 0. The molecule has 0 saturated carbocycles. The topological polar surface area (TPSA) is 74.2 Å². The summed E-state index contributed by atoms with van der Waals surface area (Å²) in [4.78, 5) is 4.30. The van der Waals surface area contributed by atoms with Gasteiger partial charge in [0.2, 0.25) is 0 Å². The van der Waals surface area contributed by atoms with Gasteiger partial charge >= 0.3 is 0 Å². The second-order valence-electron chi connectivity index (χ2n) is 4.52. The highest BCUT2D eigenvalue weighted by molar-refractivity contribution is 5.98. The van der Waals surface area contributed by atoms with Crippen LogP contribution in [0.3, 0.4) is 0 Å². The molecule has 0 radical (unpaired) electrons. The zero-order chi connectivity index (χ0) is 14.1. The van der Waals surface area contributed by atoms with E-state index in [9.17, 15) is 0 Å². The Hall–Kier alpha value is -2.56. The minimum atomic E-state index is 0.358. The fraction of sp³-hybridized carbons (Fsp3) is 0.200. The van der Waals surface area contributed by atoms with Crippen LogP contribution in [0.4, 0.5) is 5.82 Å². The molecule has 2 aromatic heterocycles. The average molecular weight is 269 g/mol. The predicted octanol–water partition coefficient (Wildman–Crippen LogP) is 3.18. The van der Waals surface area contributed by atoms with Crippen LogP contribution in [0, 0.1) is 6.92 Å². The van der Waals surface area contributed by atoms with E-state index in [0.717, 1.165) is 28.0 Å². The van der Waals surface area contributed by atoms with Crippen molar-refractivity contribution in [1.82, 2.24) is 10.1 Å². The van der Waals surface area contributed by atoms with Gasteiger partial charge in [-0.25, -0.2) is 4.98 Å². The second kappa shape index (κ2) is 4.85. The molecule has 0 fully saturated rings. The van der Waals surface area contributed by atoms with Gasteiger partial charge in [0.05, 0.1) is 12.0 Å². The number of anilines is 1. The minimum Gasteiger partial charge on any atom is -0.494 e. The second-order valence-corrected chi connectivity index (χ2v) is 4.52. The zero-order valence-electron chi connectivity index (χ0n) is 11.4. The standard InChI is InChI=1S/C15H15N3O2/c1-3-19-11-6-4-10(5-7-11)12-8-9(2)17-15-13(12)14(16)18-20-15/h4-8H,3H2,1-2H3,(H2,16,18). The van der Waals surface area contributed by atoms with E-state index in [1.165, 1.54) is 0 Å². The summed E-state index contributed by atoms with van der Waals surface area (Å²) in [6.45, 7) is 4.52. The first-order chi connectivity index (χ1) is 9.69. The lowest BCUT2D eigenvalue weighted by Crippen LogP contribution is -1.92. The molecule has 102 valence electrons. The Bertz CT molecular complexity index is 748. The number of nitrogens with two attached hydrogens (primary N) is 1. The minimum absolute atomic E-state index is 0.358. The summed E-state index contributed by atoms with van der Waals surface area (Å²) in [5.74, 6) is 1.20. The van der Waals surface area contributed by atoms with Crippen LogP contribution < -0.4 is 10.5 Å². The van der Waals surface area contributed by atoms with E-state index in [4.69, 9.17) is 15.0 Å². The number of hydrogen-bond acceptors (Lipinski definition) is 5. The summed E-state index contributed by atoms with van der Waals surface area (Å²) in [5, 5.41) is 4.54. The van der Waals surface area contributed by atoms with Gasteiger partial charge in [0.25, 0.3) is 5.71 Å². The van der Waals surface area contributed by atoms with Crippen molar-refractivity contribution < 1.29 is 9.26 Å². The molecule has 0 unspecified atom stereocenters. The van der Waals surface area contributed by atoms with E-state index in [-0.39, 0.29) is 0 Å². The highest BCUT2D eigenvalue weighted by Crippen LogP contribution is 2.33. The van der Waals surface area contributed by atoms with Crippen molar-refractivity contribution in [2.24, 2.45) is 0 Å². The molecule has 0 saturated heterocycles. The lowest BCUT2D eigenvalue weighted by molar-refractivity contribution is 0.340. The maximum absolute atomic E-state index is 5.87. The van der Waals surface area contributed by atoms with Crippen LogP contribution in [-0.2, 0) is 0 Å². The fourth-order valence-electron chi connectivity index (χ4n) is 2.22. The average Bonchev–Trinajstić information content (AvgIpc) is 2.81. The van der Waals surface area contributed by atoms with Gasteiger partial charge in [0, 0.05) is 11.3 Å². The van der Waals surface area contributed by atoms with Crippen molar-refractivity contribution in [3.05, 3.63) is 36.0 Å². The molecule has 1 aromatic carbocycles. The Labute approximate surface area is 116 Å². The van der Waals surface area contributed by atoms with Gasteiger partial charge in [-0.2, -0.15) is 0 Å². The summed E-state index contributed by atoms with van der Waals surface area (Å²) in [6.07, 6.45) is 0. The quantitative estimate of drug-likeness (QED) is 0.790. The molecule has 0 spiro atoms. The van der Waals surface area contributed by atoms with Crippen LogP contribution in [-0.4, -0.2) is 16.7 Å². The molecule has 3 aromatic rings. The van der Waals surface area contributed by atoms with Gasteiger partial charge in [-0.1, -0.05) is 17.3 Å². The maximum atomic E-state index is 5.87. The monoisotopic (exact) mass is 269 g/mol. The predicted molar refractivity (Wildman–Crippen MR) is 77.6 cm³/mol. The summed E-state index contributed by atoms with van der Waals surface area (Å²) in [6, 6.07) is 9.83. The van der Waals surface area contributed by atoms with E-state index in [1.807, 2.05) is 44.2 Å². The first kappa shape index (κ1) is 12.5. The SMILES string of the molecule is CCOc1ccc(-c2cc(C)nc3onc(N)c23)cc1. The molecule has 20 heavy (non-hydrogen) atoms. The van der Waals surface area contributed by atoms with Gasteiger partial charge < -0.3 is 15.0 Å². The van der Waals surface area contributed by atoms with E-state index in [0.29, 0.717) is 18.1 Å². The number of hydrogen-bond donors (Lipinski definition) is 1. The van der Waals surface area contributed by atoms with Crippen molar-refractivity contribution in [1.29, 1.82) is 0 Å². The molecule has 0 amide bonds. The van der Waals surface area contributed by atoms with Gasteiger partial charge in [0.15, 0.2) is 5.82 Å². The summed E-state index contributed by atoms with van der Waals surface area (Å²) in [5.41, 5.74) is 9.19. The van der Waals surface area contributed by atoms with Gasteiger partial charge in [0.1, 0.15) is 5.75 Å². The third kappa shape index (κ3) is 2.07. The molecule has 0 aliphatic rings. The number of pyridine rings is 1. The number of aromatic nitrogens is 2. The molecule has 0 bridgehead atoms. The van der Waals surface area contributed by atoms with Crippen LogP contribution in [0.1, 0.15) is 12.6 Å². The third-order valence-electron chi connectivity index (χ3n) is 3.08. The van der Waals surface area contributed by atoms with Crippen LogP contribution in [0.5, 0.6) is 5.75 Å². The molecule has 5 heteroatoms. The Kier molecular flexibility index (Phi) is 3.02. The number of nitrogens with zero attached hydrogens (tertiary/aromatic N) is 2. The number of ether oxygens (including phenoxy) is 1. The summed E-state index contributed by atoms with van der Waals surface area (Å²) in [7, 11) is 0. The van der Waals surface area contributed by atoms with Crippen LogP contribution >= 0.6 is 0 Å². The molecule has 0 aliphatic carbocycles. The van der Waals surface area contributed by atoms with E-state index in [2.05, 4.69) is 10.1 Å². The van der Waals surface area contributed by atoms with Gasteiger partial charge in [-0.3, -0.25) is 0 Å². The summed E-state index contributed by atoms with van der Waals surface area (Å²) < 4.78 is 10.6. The fourth-order valence-corrected chi connectivity index (χ4v) is 2.22. The van der Waals surface area contributed by atoms with Crippen LogP contribution in [0.25, 0.3) is 22.2 Å². The first-order valence-electron chi connectivity index (χ1n) is 6.44. The molecule has 0 aliphatic heterocycles. The zero-order valence-corrected chi connectivity index (χ0v) is 11.4.